The van der Waals surface area contributed by atoms with Gasteiger partial charge >= 0.3 is 12.1 Å². The number of ether oxygens (including phenoxy) is 1. The van der Waals surface area contributed by atoms with Crippen LogP contribution < -0.4 is 0 Å². The molecule has 0 aromatic heterocycles. The van der Waals surface area contributed by atoms with Crippen LogP contribution in [0.3, 0.4) is 0 Å². The third-order valence-electron chi connectivity index (χ3n) is 1.52. The van der Waals surface area contributed by atoms with Crippen LogP contribution in [0.1, 0.15) is 20.8 Å². The van der Waals surface area contributed by atoms with Crippen molar-refractivity contribution >= 4 is 5.97 Å². The molecule has 0 radical (unpaired) electrons. The van der Waals surface area contributed by atoms with Crippen LogP contribution >= 0.6 is 0 Å². The highest BCUT2D eigenvalue weighted by Crippen LogP contribution is 2.33. The summed E-state index contributed by atoms with van der Waals surface area (Å²) in [5.74, 6) is -1.71. The Morgan fingerprint density at radius 2 is 1.87 bits per heavy atom. The minimum Gasteiger partial charge on any atom is -0.463 e. The van der Waals surface area contributed by atoms with Gasteiger partial charge in [0, 0.05) is 0 Å². The molecule has 0 aliphatic heterocycles. The number of allylic oxidation sites excluding steroid dienone is 1. The number of esters is 1. The van der Waals surface area contributed by atoms with E-state index in [0.29, 0.717) is 6.08 Å². The lowest BCUT2D eigenvalue weighted by Crippen LogP contribution is -2.51. The fraction of sp³-hybridized carbons (Fsp3) is 0.667. The highest BCUT2D eigenvalue weighted by Gasteiger charge is 2.59. The number of rotatable bonds is 3. The zero-order valence-electron chi connectivity index (χ0n) is 8.68. The Kier molecular flexibility index (Phi) is 4.33. The van der Waals surface area contributed by atoms with Gasteiger partial charge in [-0.25, -0.2) is 4.79 Å². The summed E-state index contributed by atoms with van der Waals surface area (Å²) in [5.41, 5.74) is -3.38. The van der Waals surface area contributed by atoms with Gasteiger partial charge in [-0.1, -0.05) is 5.57 Å². The summed E-state index contributed by atoms with van der Waals surface area (Å²) in [7, 11) is 0. The first-order chi connectivity index (χ1) is 6.65. The van der Waals surface area contributed by atoms with E-state index in [0.717, 1.165) is 0 Å². The molecule has 0 rings (SSSR count). The van der Waals surface area contributed by atoms with Crippen LogP contribution in [-0.2, 0) is 9.53 Å². The quantitative estimate of drug-likeness (QED) is 0.589. The Bertz CT molecular complexity index is 266. The van der Waals surface area contributed by atoms with Gasteiger partial charge in [0.05, 0.1) is 6.61 Å². The van der Waals surface area contributed by atoms with Crippen molar-refractivity contribution in [2.75, 3.05) is 6.61 Å². The van der Waals surface area contributed by atoms with Gasteiger partial charge in [0.2, 0.25) is 0 Å². The predicted molar refractivity (Wildman–Crippen MR) is 47.1 cm³/mol. The number of halogens is 3. The average molecular weight is 226 g/mol. The summed E-state index contributed by atoms with van der Waals surface area (Å²) in [6.45, 7) is 3.82. The molecule has 0 bridgehead atoms. The topological polar surface area (TPSA) is 46.5 Å². The van der Waals surface area contributed by atoms with Gasteiger partial charge in [-0.15, -0.1) is 0 Å². The Morgan fingerprint density at radius 1 is 1.40 bits per heavy atom. The Hall–Kier alpha value is -1.04. The molecule has 0 saturated carbocycles. The Balaban J connectivity index is 5.22. The first-order valence-electron chi connectivity index (χ1n) is 4.27. The lowest BCUT2D eigenvalue weighted by Gasteiger charge is -2.25. The molecule has 1 unspecified atom stereocenters. The zero-order valence-corrected chi connectivity index (χ0v) is 8.68. The molecule has 0 aromatic carbocycles. The van der Waals surface area contributed by atoms with Crippen LogP contribution in [0.25, 0.3) is 0 Å². The molecule has 0 fully saturated rings. The third-order valence-corrected chi connectivity index (χ3v) is 1.52. The molecule has 6 heteroatoms. The van der Waals surface area contributed by atoms with E-state index in [2.05, 4.69) is 4.74 Å². The zero-order chi connectivity index (χ0) is 12.3. The summed E-state index contributed by atoms with van der Waals surface area (Å²) in [4.78, 5) is 11.0. The number of alkyl halides is 3. The highest BCUT2D eigenvalue weighted by molar-refractivity contribution is 5.83. The van der Waals surface area contributed by atoms with Gasteiger partial charge in [0.25, 0.3) is 5.60 Å². The van der Waals surface area contributed by atoms with Crippen molar-refractivity contribution in [3.05, 3.63) is 11.6 Å². The highest BCUT2D eigenvalue weighted by atomic mass is 19.4. The summed E-state index contributed by atoms with van der Waals surface area (Å²) in [6, 6.07) is 0. The van der Waals surface area contributed by atoms with Crippen molar-refractivity contribution in [2.45, 2.75) is 32.5 Å². The van der Waals surface area contributed by atoms with Crippen LogP contribution in [0, 0.1) is 0 Å². The lowest BCUT2D eigenvalue weighted by atomic mass is 10.0. The number of aliphatic hydroxyl groups is 1. The first kappa shape index (κ1) is 14.0. The molecule has 0 heterocycles. The van der Waals surface area contributed by atoms with Crippen molar-refractivity contribution in [1.29, 1.82) is 0 Å². The maximum Gasteiger partial charge on any atom is 0.431 e. The number of carbonyl (C=O) groups is 1. The molecular weight excluding hydrogens is 213 g/mol. The van der Waals surface area contributed by atoms with E-state index in [1.54, 1.807) is 0 Å². The van der Waals surface area contributed by atoms with Crippen molar-refractivity contribution in [1.82, 2.24) is 0 Å². The van der Waals surface area contributed by atoms with Gasteiger partial charge in [0.1, 0.15) is 0 Å². The fourth-order valence-electron chi connectivity index (χ4n) is 0.915. The minimum absolute atomic E-state index is 0.169. The van der Waals surface area contributed by atoms with Crippen LogP contribution in [0.2, 0.25) is 0 Å². The number of carbonyl (C=O) groups excluding carboxylic acids is 1. The third kappa shape index (κ3) is 3.23. The Labute approximate surface area is 85.5 Å². The smallest absolute Gasteiger partial charge is 0.431 e. The van der Waals surface area contributed by atoms with E-state index in [9.17, 15) is 23.1 Å². The van der Waals surface area contributed by atoms with Gasteiger partial charge in [-0.3, -0.25) is 0 Å². The van der Waals surface area contributed by atoms with Gasteiger partial charge in [-0.2, -0.15) is 13.2 Å². The van der Waals surface area contributed by atoms with Gasteiger partial charge in [-0.05, 0) is 26.8 Å². The van der Waals surface area contributed by atoms with E-state index >= 15 is 0 Å². The van der Waals surface area contributed by atoms with E-state index in [-0.39, 0.29) is 12.2 Å². The summed E-state index contributed by atoms with van der Waals surface area (Å²) in [5, 5.41) is 9.24. The van der Waals surface area contributed by atoms with Crippen LogP contribution in [0.15, 0.2) is 11.6 Å². The monoisotopic (exact) mass is 226 g/mol. The molecule has 1 N–H and O–H groups in total. The second-order valence-corrected chi connectivity index (χ2v) is 3.21. The lowest BCUT2D eigenvalue weighted by molar-refractivity contribution is -0.246. The molecule has 0 spiro atoms. The first-order valence-corrected chi connectivity index (χ1v) is 4.27. The van der Waals surface area contributed by atoms with Crippen molar-refractivity contribution in [3.63, 3.8) is 0 Å². The van der Waals surface area contributed by atoms with Crippen LogP contribution in [0.5, 0.6) is 0 Å². The van der Waals surface area contributed by atoms with Crippen molar-refractivity contribution in [3.8, 4) is 0 Å². The van der Waals surface area contributed by atoms with Crippen LogP contribution in [0.4, 0.5) is 13.2 Å². The Morgan fingerprint density at radius 3 is 2.13 bits per heavy atom. The van der Waals surface area contributed by atoms with Crippen molar-refractivity contribution in [2.24, 2.45) is 0 Å². The van der Waals surface area contributed by atoms with E-state index in [1.165, 1.54) is 20.8 Å². The van der Waals surface area contributed by atoms with Gasteiger partial charge < -0.3 is 9.84 Å². The summed E-state index contributed by atoms with van der Waals surface area (Å²) < 4.78 is 41.5. The average Bonchev–Trinajstić information content (AvgIpc) is 2.01. The van der Waals surface area contributed by atoms with E-state index in [4.69, 9.17) is 0 Å². The van der Waals surface area contributed by atoms with Gasteiger partial charge in [0.15, 0.2) is 0 Å². The standard InChI is InChI=1S/C9H13F3O3/c1-4-15-7(13)8(14,5-6(2)3)9(10,11)12/h5,14H,4H2,1-3H3. The predicted octanol–water partition coefficient (Wildman–Crippen LogP) is 1.81. The molecule has 0 aromatic rings. The molecule has 0 aliphatic rings. The SMILES string of the molecule is CCOC(=O)C(O)(C=C(C)C)C(F)(F)F. The van der Waals surface area contributed by atoms with E-state index < -0.39 is 17.7 Å². The maximum absolute atomic E-state index is 12.4. The summed E-state index contributed by atoms with van der Waals surface area (Å²) in [6.07, 6.45) is -4.65. The largest absolute Gasteiger partial charge is 0.463 e. The van der Waals surface area contributed by atoms with Crippen molar-refractivity contribution < 1.29 is 27.8 Å². The number of hydrogen-bond acceptors (Lipinski definition) is 3. The second kappa shape index (κ2) is 4.65. The molecule has 0 amide bonds. The minimum atomic E-state index is -5.09. The summed E-state index contributed by atoms with van der Waals surface area (Å²) >= 11 is 0. The normalized spacial score (nSPS) is 15.4. The molecule has 88 valence electrons. The number of hydrogen-bond donors (Lipinski definition) is 1. The second-order valence-electron chi connectivity index (χ2n) is 3.21. The molecule has 0 aliphatic carbocycles. The maximum atomic E-state index is 12.4. The van der Waals surface area contributed by atoms with E-state index in [1.807, 2.05) is 0 Å². The molecular formula is C9H13F3O3. The molecule has 3 nitrogen and oxygen atoms in total. The molecule has 1 atom stereocenters. The fourth-order valence-corrected chi connectivity index (χ4v) is 0.915. The molecule has 0 saturated heterocycles. The molecule has 15 heavy (non-hydrogen) atoms. The van der Waals surface area contributed by atoms with Crippen LogP contribution in [-0.4, -0.2) is 29.5 Å².